The van der Waals surface area contributed by atoms with E-state index in [2.05, 4.69) is 38.2 Å². The van der Waals surface area contributed by atoms with Crippen LogP contribution in [0.1, 0.15) is 51.2 Å². The molecule has 0 saturated heterocycles. The number of hydrogen-bond acceptors (Lipinski definition) is 1. The second-order valence-electron chi connectivity index (χ2n) is 4.97. The molecular formula is C16H23NO. The van der Waals surface area contributed by atoms with Gasteiger partial charge in [0.2, 0.25) is 5.91 Å². The Morgan fingerprint density at radius 2 is 1.83 bits per heavy atom. The Morgan fingerprint density at radius 3 is 2.33 bits per heavy atom. The lowest BCUT2D eigenvalue weighted by Gasteiger charge is -2.08. The topological polar surface area (TPSA) is 29.1 Å². The van der Waals surface area contributed by atoms with Gasteiger partial charge in [0, 0.05) is 12.1 Å². The number of amides is 1. The molecule has 0 radical (unpaired) electrons. The van der Waals surface area contributed by atoms with E-state index in [1.807, 2.05) is 25.1 Å². The van der Waals surface area contributed by atoms with E-state index in [4.69, 9.17) is 0 Å². The van der Waals surface area contributed by atoms with Gasteiger partial charge in [-0.1, -0.05) is 45.0 Å². The van der Waals surface area contributed by atoms with Crippen molar-refractivity contribution in [2.75, 3.05) is 0 Å². The van der Waals surface area contributed by atoms with E-state index in [1.165, 1.54) is 5.56 Å². The first kappa shape index (κ1) is 14.5. The molecule has 1 aromatic rings. The van der Waals surface area contributed by atoms with Gasteiger partial charge in [-0.05, 0) is 36.5 Å². The highest BCUT2D eigenvalue weighted by Crippen LogP contribution is 2.15. The summed E-state index contributed by atoms with van der Waals surface area (Å²) in [5, 5.41) is 2.90. The van der Waals surface area contributed by atoms with Crippen molar-refractivity contribution in [3.63, 3.8) is 0 Å². The summed E-state index contributed by atoms with van der Waals surface area (Å²) in [5.74, 6) is 0.508. The van der Waals surface area contributed by atoms with Crippen molar-refractivity contribution in [3.8, 4) is 0 Å². The van der Waals surface area contributed by atoms with Gasteiger partial charge in [-0.3, -0.25) is 4.79 Å². The van der Waals surface area contributed by atoms with Crippen molar-refractivity contribution in [2.45, 2.75) is 46.1 Å². The first-order valence-electron chi connectivity index (χ1n) is 6.61. The average Bonchev–Trinajstić information content (AvgIpc) is 2.36. The normalized spacial score (nSPS) is 12.9. The van der Waals surface area contributed by atoms with E-state index in [1.54, 1.807) is 6.08 Å². The average molecular weight is 245 g/mol. The molecule has 0 bridgehead atoms. The molecular weight excluding hydrogens is 222 g/mol. The minimum atomic E-state index is -0.0303. The molecule has 0 heterocycles. The van der Waals surface area contributed by atoms with Crippen LogP contribution in [0.15, 0.2) is 30.3 Å². The molecule has 18 heavy (non-hydrogen) atoms. The number of benzene rings is 1. The van der Waals surface area contributed by atoms with E-state index < -0.39 is 0 Å². The maximum Gasteiger partial charge on any atom is 0.244 e. The van der Waals surface area contributed by atoms with Crippen molar-refractivity contribution in [3.05, 3.63) is 41.5 Å². The lowest BCUT2D eigenvalue weighted by molar-refractivity contribution is -0.117. The lowest BCUT2D eigenvalue weighted by Crippen LogP contribution is -2.30. The number of nitrogens with one attached hydrogen (secondary N) is 1. The van der Waals surface area contributed by atoms with Gasteiger partial charge in [-0.15, -0.1) is 0 Å². The molecule has 0 spiro atoms. The largest absolute Gasteiger partial charge is 0.350 e. The molecule has 0 aliphatic rings. The van der Waals surface area contributed by atoms with Crippen LogP contribution in [0.3, 0.4) is 0 Å². The van der Waals surface area contributed by atoms with Crippen LogP contribution >= 0.6 is 0 Å². The fourth-order valence-corrected chi connectivity index (χ4v) is 1.56. The Kier molecular flexibility index (Phi) is 5.63. The van der Waals surface area contributed by atoms with Crippen LogP contribution in [-0.4, -0.2) is 11.9 Å². The van der Waals surface area contributed by atoms with E-state index in [0.29, 0.717) is 5.92 Å². The van der Waals surface area contributed by atoms with Crippen molar-refractivity contribution in [1.29, 1.82) is 0 Å². The van der Waals surface area contributed by atoms with E-state index in [0.717, 1.165) is 12.0 Å². The summed E-state index contributed by atoms with van der Waals surface area (Å²) in [6, 6.07) is 8.53. The monoisotopic (exact) mass is 245 g/mol. The molecule has 98 valence electrons. The molecule has 0 aromatic heterocycles. The van der Waals surface area contributed by atoms with E-state index >= 15 is 0 Å². The van der Waals surface area contributed by atoms with Crippen LogP contribution in [0.2, 0.25) is 0 Å². The van der Waals surface area contributed by atoms with E-state index in [9.17, 15) is 4.79 Å². The Balaban J connectivity index is 2.59. The minimum absolute atomic E-state index is 0.0303. The van der Waals surface area contributed by atoms with Crippen molar-refractivity contribution in [2.24, 2.45) is 0 Å². The maximum atomic E-state index is 11.6. The Bertz CT molecular complexity index is 404. The van der Waals surface area contributed by atoms with Crippen molar-refractivity contribution < 1.29 is 4.79 Å². The third kappa shape index (κ3) is 4.74. The predicted molar refractivity (Wildman–Crippen MR) is 77.5 cm³/mol. The van der Waals surface area contributed by atoms with Crippen LogP contribution in [0.25, 0.3) is 6.08 Å². The van der Waals surface area contributed by atoms with Gasteiger partial charge >= 0.3 is 0 Å². The summed E-state index contributed by atoms with van der Waals surface area (Å²) in [5.41, 5.74) is 2.37. The van der Waals surface area contributed by atoms with Crippen LogP contribution in [0, 0.1) is 0 Å². The highest BCUT2D eigenvalue weighted by Gasteiger charge is 2.01. The molecule has 2 nitrogen and oxygen atoms in total. The van der Waals surface area contributed by atoms with Gasteiger partial charge in [-0.25, -0.2) is 0 Å². The predicted octanol–water partition coefficient (Wildman–Crippen LogP) is 3.74. The highest BCUT2D eigenvalue weighted by molar-refractivity contribution is 5.91. The fourth-order valence-electron chi connectivity index (χ4n) is 1.56. The summed E-state index contributed by atoms with van der Waals surface area (Å²) >= 11 is 0. The minimum Gasteiger partial charge on any atom is -0.350 e. The van der Waals surface area contributed by atoms with Crippen molar-refractivity contribution >= 4 is 12.0 Å². The van der Waals surface area contributed by atoms with Crippen LogP contribution < -0.4 is 5.32 Å². The molecule has 1 N–H and O–H groups in total. The lowest BCUT2D eigenvalue weighted by atomic mass is 10.0. The molecule has 0 aliphatic heterocycles. The number of carbonyl (C=O) groups is 1. The SMILES string of the molecule is CC[C@@H](C)NC(=O)/C=C/c1ccc(C(C)C)cc1. The molecule has 1 rings (SSSR count). The van der Waals surface area contributed by atoms with Gasteiger partial charge in [0.05, 0.1) is 0 Å². The van der Waals surface area contributed by atoms with Crippen LogP contribution in [0.4, 0.5) is 0 Å². The number of hydrogen-bond donors (Lipinski definition) is 1. The van der Waals surface area contributed by atoms with Crippen molar-refractivity contribution in [1.82, 2.24) is 5.32 Å². The van der Waals surface area contributed by atoms with Gasteiger partial charge in [-0.2, -0.15) is 0 Å². The molecule has 0 aliphatic carbocycles. The number of carbonyl (C=O) groups excluding carboxylic acids is 1. The number of rotatable bonds is 5. The van der Waals surface area contributed by atoms with Gasteiger partial charge in [0.15, 0.2) is 0 Å². The molecule has 0 fully saturated rings. The standard InChI is InChI=1S/C16H23NO/c1-5-13(4)17-16(18)11-8-14-6-9-15(10-7-14)12(2)3/h6-13H,5H2,1-4H3,(H,17,18)/b11-8+/t13-/m1/s1. The quantitative estimate of drug-likeness (QED) is 0.787. The first-order chi connectivity index (χ1) is 8.52. The molecule has 0 unspecified atom stereocenters. The third-order valence-electron chi connectivity index (χ3n) is 3.03. The fraction of sp³-hybridized carbons (Fsp3) is 0.438. The summed E-state index contributed by atoms with van der Waals surface area (Å²) in [6.07, 6.45) is 4.39. The summed E-state index contributed by atoms with van der Waals surface area (Å²) in [4.78, 5) is 11.6. The summed E-state index contributed by atoms with van der Waals surface area (Å²) in [7, 11) is 0. The second-order valence-corrected chi connectivity index (χ2v) is 4.97. The van der Waals surface area contributed by atoms with E-state index in [-0.39, 0.29) is 11.9 Å². The summed E-state index contributed by atoms with van der Waals surface area (Å²) in [6.45, 7) is 8.40. The zero-order chi connectivity index (χ0) is 13.5. The molecule has 0 saturated carbocycles. The third-order valence-corrected chi connectivity index (χ3v) is 3.03. The van der Waals surface area contributed by atoms with Crippen LogP contribution in [0.5, 0.6) is 0 Å². The van der Waals surface area contributed by atoms with Gasteiger partial charge in [0.1, 0.15) is 0 Å². The molecule has 1 amide bonds. The molecule has 2 heteroatoms. The zero-order valence-corrected chi connectivity index (χ0v) is 11.7. The second kappa shape index (κ2) is 7.00. The van der Waals surface area contributed by atoms with Gasteiger partial charge in [0.25, 0.3) is 0 Å². The maximum absolute atomic E-state index is 11.6. The van der Waals surface area contributed by atoms with Gasteiger partial charge < -0.3 is 5.32 Å². The Morgan fingerprint density at radius 1 is 1.22 bits per heavy atom. The molecule has 1 aromatic carbocycles. The smallest absolute Gasteiger partial charge is 0.244 e. The molecule has 1 atom stereocenters. The van der Waals surface area contributed by atoms with Crippen LogP contribution in [-0.2, 0) is 4.79 Å². The Hall–Kier alpha value is -1.57. The Labute approximate surface area is 110 Å². The highest BCUT2D eigenvalue weighted by atomic mass is 16.1. The first-order valence-corrected chi connectivity index (χ1v) is 6.61. The summed E-state index contributed by atoms with van der Waals surface area (Å²) < 4.78 is 0. The zero-order valence-electron chi connectivity index (χ0n) is 11.7.